The lowest BCUT2D eigenvalue weighted by Gasteiger charge is -2.27. The van der Waals surface area contributed by atoms with Crippen LogP contribution < -0.4 is 10.6 Å². The molecule has 2 atom stereocenters. The van der Waals surface area contributed by atoms with Crippen LogP contribution in [-0.4, -0.2) is 37.9 Å². The van der Waals surface area contributed by atoms with Gasteiger partial charge in [-0.3, -0.25) is 0 Å². The van der Waals surface area contributed by atoms with Gasteiger partial charge < -0.3 is 15.4 Å². The van der Waals surface area contributed by atoms with E-state index in [-0.39, 0.29) is 5.60 Å². The normalized spacial score (nSPS) is 37.0. The molecule has 2 saturated heterocycles. The molecule has 0 radical (unpaired) electrons. The molecule has 2 heterocycles. The lowest BCUT2D eigenvalue weighted by molar-refractivity contribution is 0.0205. The maximum atomic E-state index is 5.75. The lowest BCUT2D eigenvalue weighted by Crippen LogP contribution is -2.45. The molecule has 3 nitrogen and oxygen atoms in total. The molecule has 0 aromatic carbocycles. The molecule has 2 aliphatic heterocycles. The molecule has 0 spiro atoms. The van der Waals surface area contributed by atoms with Crippen LogP contribution in [0.5, 0.6) is 0 Å². The topological polar surface area (TPSA) is 33.3 Å². The summed E-state index contributed by atoms with van der Waals surface area (Å²) < 4.78 is 5.75. The zero-order valence-corrected chi connectivity index (χ0v) is 9.85. The molecule has 0 bridgehead atoms. The first kappa shape index (κ1) is 11.4. The third-order valence-electron chi connectivity index (χ3n) is 3.60. The van der Waals surface area contributed by atoms with Crippen LogP contribution in [0.2, 0.25) is 0 Å². The fourth-order valence-electron chi connectivity index (χ4n) is 2.59. The van der Waals surface area contributed by atoms with Crippen LogP contribution in [0.4, 0.5) is 0 Å². The quantitative estimate of drug-likeness (QED) is 0.736. The summed E-state index contributed by atoms with van der Waals surface area (Å²) in [7, 11) is 0. The highest BCUT2D eigenvalue weighted by atomic mass is 16.5. The van der Waals surface area contributed by atoms with Crippen molar-refractivity contribution >= 4 is 0 Å². The predicted octanol–water partition coefficient (Wildman–Crippen LogP) is 1.29. The van der Waals surface area contributed by atoms with Crippen LogP contribution in [0.15, 0.2) is 0 Å². The van der Waals surface area contributed by atoms with Gasteiger partial charge in [0.1, 0.15) is 0 Å². The van der Waals surface area contributed by atoms with Crippen LogP contribution in [0.25, 0.3) is 0 Å². The van der Waals surface area contributed by atoms with E-state index in [2.05, 4.69) is 17.6 Å². The van der Waals surface area contributed by atoms with Crippen LogP contribution in [0.1, 0.15) is 39.0 Å². The van der Waals surface area contributed by atoms with Crippen LogP contribution in [-0.2, 0) is 4.74 Å². The third-order valence-corrected chi connectivity index (χ3v) is 3.60. The highest BCUT2D eigenvalue weighted by Gasteiger charge is 2.29. The van der Waals surface area contributed by atoms with Gasteiger partial charge in [-0.1, -0.05) is 6.42 Å². The Bertz CT molecular complexity index is 184. The van der Waals surface area contributed by atoms with E-state index < -0.39 is 0 Å². The van der Waals surface area contributed by atoms with Gasteiger partial charge in [-0.25, -0.2) is 0 Å². The fraction of sp³-hybridized carbons (Fsp3) is 1.00. The Morgan fingerprint density at radius 1 is 1.40 bits per heavy atom. The average molecular weight is 212 g/mol. The van der Waals surface area contributed by atoms with Gasteiger partial charge in [0.15, 0.2) is 0 Å². The van der Waals surface area contributed by atoms with Crippen molar-refractivity contribution in [2.75, 3.05) is 26.2 Å². The first-order valence-corrected chi connectivity index (χ1v) is 6.37. The van der Waals surface area contributed by atoms with E-state index in [4.69, 9.17) is 4.74 Å². The Balaban J connectivity index is 1.61. The van der Waals surface area contributed by atoms with E-state index in [1.807, 2.05) is 0 Å². The summed E-state index contributed by atoms with van der Waals surface area (Å²) in [5.74, 6) is 0. The minimum Gasteiger partial charge on any atom is -0.374 e. The molecular formula is C12H24N2O. The maximum Gasteiger partial charge on any atom is 0.0779 e. The zero-order valence-electron chi connectivity index (χ0n) is 9.85. The number of ether oxygens (including phenoxy) is 1. The van der Waals surface area contributed by atoms with Gasteiger partial charge in [0.2, 0.25) is 0 Å². The minimum atomic E-state index is 0.106. The molecule has 0 saturated carbocycles. The van der Waals surface area contributed by atoms with E-state index in [1.165, 1.54) is 38.6 Å². The summed E-state index contributed by atoms with van der Waals surface area (Å²) in [6.07, 6.45) is 6.48. The van der Waals surface area contributed by atoms with E-state index >= 15 is 0 Å². The second-order valence-corrected chi connectivity index (χ2v) is 5.18. The number of hydrogen-bond acceptors (Lipinski definition) is 3. The van der Waals surface area contributed by atoms with Gasteiger partial charge in [0.25, 0.3) is 0 Å². The van der Waals surface area contributed by atoms with Crippen molar-refractivity contribution < 1.29 is 4.74 Å². The van der Waals surface area contributed by atoms with Crippen LogP contribution in [0.3, 0.4) is 0 Å². The van der Waals surface area contributed by atoms with Gasteiger partial charge >= 0.3 is 0 Å². The molecule has 0 aliphatic carbocycles. The summed E-state index contributed by atoms with van der Waals surface area (Å²) in [5.41, 5.74) is 0.106. The highest BCUT2D eigenvalue weighted by Crippen LogP contribution is 2.23. The van der Waals surface area contributed by atoms with Crippen molar-refractivity contribution in [3.63, 3.8) is 0 Å². The van der Waals surface area contributed by atoms with Gasteiger partial charge in [-0.15, -0.1) is 0 Å². The van der Waals surface area contributed by atoms with Crippen molar-refractivity contribution in [2.45, 2.75) is 50.7 Å². The minimum absolute atomic E-state index is 0.106. The number of hydrogen-bond donors (Lipinski definition) is 2. The van der Waals surface area contributed by atoms with E-state index in [1.54, 1.807) is 0 Å². The second kappa shape index (κ2) is 5.28. The lowest BCUT2D eigenvalue weighted by atomic mass is 10.0. The smallest absolute Gasteiger partial charge is 0.0779 e. The Kier molecular flexibility index (Phi) is 4.00. The summed E-state index contributed by atoms with van der Waals surface area (Å²) in [5, 5.41) is 7.10. The maximum absolute atomic E-state index is 5.75. The molecule has 2 aliphatic rings. The molecule has 2 unspecified atom stereocenters. The van der Waals surface area contributed by atoms with E-state index in [0.717, 1.165) is 19.7 Å². The molecule has 88 valence electrons. The molecule has 2 fully saturated rings. The second-order valence-electron chi connectivity index (χ2n) is 5.18. The van der Waals surface area contributed by atoms with Gasteiger partial charge in [-0.05, 0) is 39.2 Å². The molecule has 0 amide bonds. The molecule has 3 heteroatoms. The monoisotopic (exact) mass is 212 g/mol. The van der Waals surface area contributed by atoms with Crippen molar-refractivity contribution in [1.82, 2.24) is 10.6 Å². The summed E-state index contributed by atoms with van der Waals surface area (Å²) in [4.78, 5) is 0. The Morgan fingerprint density at radius 3 is 3.00 bits per heavy atom. The molecule has 0 aromatic heterocycles. The largest absolute Gasteiger partial charge is 0.374 e. The average Bonchev–Trinajstić information content (AvgIpc) is 2.67. The summed E-state index contributed by atoms with van der Waals surface area (Å²) >= 11 is 0. The SMILES string of the molecule is CC1(CNCC2CCCCN2)CCCO1. The van der Waals surface area contributed by atoms with Gasteiger partial charge in [0.05, 0.1) is 5.60 Å². The van der Waals surface area contributed by atoms with E-state index in [0.29, 0.717) is 6.04 Å². The van der Waals surface area contributed by atoms with Crippen molar-refractivity contribution in [2.24, 2.45) is 0 Å². The number of piperidine rings is 1. The summed E-state index contributed by atoms with van der Waals surface area (Å²) in [6, 6.07) is 0.684. The Hall–Kier alpha value is -0.120. The Labute approximate surface area is 93.0 Å². The van der Waals surface area contributed by atoms with Crippen molar-refractivity contribution in [3.8, 4) is 0 Å². The first-order valence-electron chi connectivity index (χ1n) is 6.37. The predicted molar refractivity (Wildman–Crippen MR) is 62.1 cm³/mol. The molecule has 2 N–H and O–H groups in total. The first-order chi connectivity index (χ1) is 7.29. The Morgan fingerprint density at radius 2 is 2.33 bits per heavy atom. The highest BCUT2D eigenvalue weighted by molar-refractivity contribution is 4.84. The van der Waals surface area contributed by atoms with Crippen molar-refractivity contribution in [1.29, 1.82) is 0 Å². The van der Waals surface area contributed by atoms with Gasteiger partial charge in [-0.2, -0.15) is 0 Å². The van der Waals surface area contributed by atoms with Crippen molar-refractivity contribution in [3.05, 3.63) is 0 Å². The van der Waals surface area contributed by atoms with E-state index in [9.17, 15) is 0 Å². The van der Waals surface area contributed by atoms with Gasteiger partial charge in [0, 0.05) is 25.7 Å². The third kappa shape index (κ3) is 3.44. The fourth-order valence-corrected chi connectivity index (χ4v) is 2.59. The zero-order chi connectivity index (χ0) is 10.6. The number of rotatable bonds is 4. The molecule has 2 rings (SSSR count). The standard InChI is InChI=1S/C12H24N2O/c1-12(6-4-8-15-12)10-13-9-11-5-2-3-7-14-11/h11,13-14H,2-10H2,1H3. The number of nitrogens with one attached hydrogen (secondary N) is 2. The van der Waals surface area contributed by atoms with Crippen LogP contribution >= 0.6 is 0 Å². The summed E-state index contributed by atoms with van der Waals surface area (Å²) in [6.45, 7) is 6.46. The molecular weight excluding hydrogens is 188 g/mol. The van der Waals surface area contributed by atoms with Crippen LogP contribution in [0, 0.1) is 0 Å². The molecule has 15 heavy (non-hydrogen) atoms. The molecule has 0 aromatic rings.